The van der Waals surface area contributed by atoms with Crippen LogP contribution in [-0.2, 0) is 16.4 Å². The Hall–Kier alpha value is -1.53. The lowest BCUT2D eigenvalue weighted by Gasteiger charge is -2.10. The molecule has 6 heteroatoms. The maximum Gasteiger partial charge on any atom is 0.233 e. The Morgan fingerprint density at radius 3 is 2.45 bits per heavy atom. The number of benzene rings is 2. The summed E-state index contributed by atoms with van der Waals surface area (Å²) in [4.78, 5) is 0. The zero-order valence-corrected chi connectivity index (χ0v) is 13.1. The topological polar surface area (TPSA) is 72.2 Å². The van der Waals surface area contributed by atoms with Crippen LogP contribution in [0.3, 0.4) is 0 Å². The lowest BCUT2D eigenvalue weighted by Crippen LogP contribution is -2.19. The van der Waals surface area contributed by atoms with Crippen LogP contribution in [0.4, 0.5) is 11.4 Å². The number of nitrogens with one attached hydrogen (secondary N) is 1. The predicted octanol–water partition coefficient (Wildman–Crippen LogP) is 3.02. The Kier molecular flexibility index (Phi) is 4.67. The molecule has 0 aliphatic carbocycles. The van der Waals surface area contributed by atoms with Crippen molar-refractivity contribution >= 4 is 37.3 Å². The molecule has 0 aliphatic rings. The van der Waals surface area contributed by atoms with Gasteiger partial charge in [0.2, 0.25) is 10.0 Å². The van der Waals surface area contributed by atoms with Crippen molar-refractivity contribution in [1.82, 2.24) is 0 Å². The van der Waals surface area contributed by atoms with E-state index in [0.29, 0.717) is 17.8 Å². The van der Waals surface area contributed by atoms with E-state index in [-0.39, 0.29) is 5.75 Å². The molecule has 0 unspecified atom stereocenters. The second kappa shape index (κ2) is 6.28. The molecule has 0 amide bonds. The Labute approximate surface area is 127 Å². The molecule has 0 fully saturated rings. The molecule has 0 heterocycles. The van der Waals surface area contributed by atoms with Crippen molar-refractivity contribution in [2.24, 2.45) is 0 Å². The molecular formula is C14H15BrN2O2S. The number of hydrogen-bond donors (Lipinski definition) is 2. The van der Waals surface area contributed by atoms with Gasteiger partial charge in [0.1, 0.15) is 0 Å². The maximum absolute atomic E-state index is 12.0. The molecule has 2 aromatic carbocycles. The highest BCUT2D eigenvalue weighted by Crippen LogP contribution is 2.24. The Balaban J connectivity index is 2.04. The first-order chi connectivity index (χ1) is 9.46. The van der Waals surface area contributed by atoms with Crippen LogP contribution >= 0.6 is 15.9 Å². The average molecular weight is 355 g/mol. The molecule has 0 bridgehead atoms. The zero-order chi connectivity index (χ0) is 14.6. The van der Waals surface area contributed by atoms with E-state index in [1.165, 1.54) is 0 Å². The second-order valence-corrected chi connectivity index (χ2v) is 7.15. The zero-order valence-electron chi connectivity index (χ0n) is 10.7. The van der Waals surface area contributed by atoms with Crippen molar-refractivity contribution < 1.29 is 8.42 Å². The number of halogens is 1. The first-order valence-corrected chi connectivity index (χ1v) is 8.50. The number of nitrogens with two attached hydrogens (primary N) is 1. The van der Waals surface area contributed by atoms with Gasteiger partial charge in [0.05, 0.1) is 17.1 Å². The Morgan fingerprint density at radius 2 is 1.80 bits per heavy atom. The average Bonchev–Trinajstić information content (AvgIpc) is 2.41. The highest BCUT2D eigenvalue weighted by molar-refractivity contribution is 9.10. The van der Waals surface area contributed by atoms with E-state index >= 15 is 0 Å². The summed E-state index contributed by atoms with van der Waals surface area (Å²) in [5.74, 6) is 0.0204. The molecule has 106 valence electrons. The molecule has 0 saturated carbocycles. The number of anilines is 2. The smallest absolute Gasteiger partial charge is 0.233 e. The van der Waals surface area contributed by atoms with Gasteiger partial charge in [-0.2, -0.15) is 0 Å². The molecule has 0 saturated heterocycles. The first kappa shape index (κ1) is 14.9. The van der Waals surface area contributed by atoms with Crippen LogP contribution in [0, 0.1) is 0 Å². The van der Waals surface area contributed by atoms with E-state index in [1.807, 2.05) is 30.3 Å². The minimum atomic E-state index is -3.41. The van der Waals surface area contributed by atoms with Gasteiger partial charge in [-0.15, -0.1) is 0 Å². The van der Waals surface area contributed by atoms with E-state index < -0.39 is 10.0 Å². The molecule has 3 N–H and O–H groups in total. The fourth-order valence-electron chi connectivity index (χ4n) is 1.74. The third-order valence-corrected chi connectivity index (χ3v) is 4.55. The fourth-order valence-corrected chi connectivity index (χ4v) is 3.25. The number of nitrogen functional groups attached to an aromatic ring is 1. The van der Waals surface area contributed by atoms with Crippen molar-refractivity contribution in [1.29, 1.82) is 0 Å². The van der Waals surface area contributed by atoms with E-state index in [4.69, 9.17) is 5.73 Å². The van der Waals surface area contributed by atoms with Crippen LogP contribution in [0.15, 0.2) is 53.0 Å². The summed E-state index contributed by atoms with van der Waals surface area (Å²) in [6, 6.07) is 14.5. The minimum absolute atomic E-state index is 0.0204. The second-order valence-electron chi connectivity index (χ2n) is 4.39. The number of rotatable bonds is 5. The molecule has 2 rings (SSSR count). The standard InChI is InChI=1S/C14H15BrN2O2S/c15-12-6-7-14(13(16)10-12)17-20(18,19)9-8-11-4-2-1-3-5-11/h1-7,10,17H,8-9,16H2. The molecule has 0 aliphatic heterocycles. The summed E-state index contributed by atoms with van der Waals surface area (Å²) in [6.45, 7) is 0. The minimum Gasteiger partial charge on any atom is -0.397 e. The third-order valence-electron chi connectivity index (χ3n) is 2.78. The lowest BCUT2D eigenvalue weighted by molar-refractivity contribution is 0.600. The maximum atomic E-state index is 12.0. The lowest BCUT2D eigenvalue weighted by atomic mass is 10.2. The number of hydrogen-bond acceptors (Lipinski definition) is 3. The van der Waals surface area contributed by atoms with Gasteiger partial charge < -0.3 is 5.73 Å². The summed E-state index contributed by atoms with van der Waals surface area (Å²) in [5, 5.41) is 0. The van der Waals surface area contributed by atoms with Crippen molar-refractivity contribution in [2.45, 2.75) is 6.42 Å². The van der Waals surface area contributed by atoms with Crippen LogP contribution < -0.4 is 10.5 Å². The van der Waals surface area contributed by atoms with Crippen LogP contribution in [-0.4, -0.2) is 14.2 Å². The van der Waals surface area contributed by atoms with Gasteiger partial charge in [-0.05, 0) is 30.2 Å². The largest absolute Gasteiger partial charge is 0.397 e. The van der Waals surface area contributed by atoms with E-state index in [0.717, 1.165) is 10.0 Å². The van der Waals surface area contributed by atoms with Gasteiger partial charge in [-0.25, -0.2) is 8.42 Å². The van der Waals surface area contributed by atoms with Crippen LogP contribution in [0.1, 0.15) is 5.56 Å². The van der Waals surface area contributed by atoms with Gasteiger partial charge in [-0.1, -0.05) is 46.3 Å². The van der Waals surface area contributed by atoms with Crippen LogP contribution in [0.5, 0.6) is 0 Å². The highest BCUT2D eigenvalue weighted by Gasteiger charge is 2.12. The van der Waals surface area contributed by atoms with Crippen molar-refractivity contribution in [2.75, 3.05) is 16.2 Å². The highest BCUT2D eigenvalue weighted by atomic mass is 79.9. The Bertz CT molecular complexity index is 688. The van der Waals surface area contributed by atoms with Crippen molar-refractivity contribution in [3.63, 3.8) is 0 Å². The predicted molar refractivity (Wildman–Crippen MR) is 86.1 cm³/mol. The molecule has 0 radical (unpaired) electrons. The molecule has 0 spiro atoms. The number of aryl methyl sites for hydroxylation is 1. The molecule has 20 heavy (non-hydrogen) atoms. The van der Waals surface area contributed by atoms with Crippen LogP contribution in [0.25, 0.3) is 0 Å². The SMILES string of the molecule is Nc1cc(Br)ccc1NS(=O)(=O)CCc1ccccc1. The van der Waals surface area contributed by atoms with Gasteiger partial charge >= 0.3 is 0 Å². The summed E-state index contributed by atoms with van der Waals surface area (Å²) in [7, 11) is -3.41. The molecule has 0 atom stereocenters. The molecule has 2 aromatic rings. The molecular weight excluding hydrogens is 340 g/mol. The molecule has 0 aromatic heterocycles. The van der Waals surface area contributed by atoms with Gasteiger partial charge in [0.15, 0.2) is 0 Å². The van der Waals surface area contributed by atoms with Crippen molar-refractivity contribution in [3.05, 3.63) is 58.6 Å². The summed E-state index contributed by atoms with van der Waals surface area (Å²) < 4.78 is 27.4. The Morgan fingerprint density at radius 1 is 1.10 bits per heavy atom. The number of sulfonamides is 1. The normalized spacial score (nSPS) is 11.2. The van der Waals surface area contributed by atoms with E-state index in [1.54, 1.807) is 18.2 Å². The van der Waals surface area contributed by atoms with Gasteiger partial charge in [-0.3, -0.25) is 4.72 Å². The third kappa shape index (κ3) is 4.25. The van der Waals surface area contributed by atoms with Crippen molar-refractivity contribution in [3.8, 4) is 0 Å². The molecule has 4 nitrogen and oxygen atoms in total. The quantitative estimate of drug-likeness (QED) is 0.810. The van der Waals surface area contributed by atoms with E-state index in [9.17, 15) is 8.42 Å². The summed E-state index contributed by atoms with van der Waals surface area (Å²) >= 11 is 3.28. The fraction of sp³-hybridized carbons (Fsp3) is 0.143. The monoisotopic (exact) mass is 354 g/mol. The van der Waals surface area contributed by atoms with Gasteiger partial charge in [0.25, 0.3) is 0 Å². The van der Waals surface area contributed by atoms with Crippen LogP contribution in [0.2, 0.25) is 0 Å². The van der Waals surface area contributed by atoms with E-state index in [2.05, 4.69) is 20.7 Å². The summed E-state index contributed by atoms with van der Waals surface area (Å²) in [6.07, 6.45) is 0.465. The van der Waals surface area contributed by atoms with Gasteiger partial charge in [0, 0.05) is 4.47 Å². The summed E-state index contributed by atoms with van der Waals surface area (Å²) in [5.41, 5.74) is 7.56. The first-order valence-electron chi connectivity index (χ1n) is 6.06.